The van der Waals surface area contributed by atoms with Gasteiger partial charge in [0.15, 0.2) is 0 Å². The van der Waals surface area contributed by atoms with E-state index < -0.39 is 0 Å². The first-order valence-corrected chi connectivity index (χ1v) is 8.41. The molecule has 0 aliphatic carbocycles. The van der Waals surface area contributed by atoms with Crippen molar-refractivity contribution in [2.45, 2.75) is 26.2 Å². The lowest BCUT2D eigenvalue weighted by atomic mass is 10.2. The maximum atomic E-state index is 11.9. The molecule has 112 valence electrons. The van der Waals surface area contributed by atoms with Gasteiger partial charge in [-0.15, -0.1) is 11.3 Å². The van der Waals surface area contributed by atoms with E-state index in [2.05, 4.69) is 26.2 Å². The van der Waals surface area contributed by atoms with Crippen molar-refractivity contribution in [1.29, 1.82) is 0 Å². The number of aromatic hydroxyl groups is 1. The van der Waals surface area contributed by atoms with E-state index in [1.165, 1.54) is 6.07 Å². The number of thiazole rings is 1. The van der Waals surface area contributed by atoms with Gasteiger partial charge in [-0.05, 0) is 44.4 Å². The molecule has 0 fully saturated rings. The number of hydrogen-bond donors (Lipinski definition) is 2. The molecule has 21 heavy (non-hydrogen) atoms. The number of nitrogens with zero attached hydrogens (tertiary/aromatic N) is 1. The number of amides is 1. The van der Waals surface area contributed by atoms with Crippen LogP contribution in [0.4, 0.5) is 0 Å². The monoisotopic (exact) mass is 368 g/mol. The molecule has 0 atom stereocenters. The van der Waals surface area contributed by atoms with Gasteiger partial charge in [-0.1, -0.05) is 15.9 Å². The standard InChI is InChI=1S/C15H17BrN2O2S/c1-10-9-21-14(18-10)4-2-3-7-17-15(20)12-6-5-11(16)8-13(12)19/h5-6,8-9,19H,2-4,7H2,1H3,(H,17,20). The van der Waals surface area contributed by atoms with Gasteiger partial charge in [0.2, 0.25) is 0 Å². The van der Waals surface area contributed by atoms with Gasteiger partial charge in [0.05, 0.1) is 10.6 Å². The summed E-state index contributed by atoms with van der Waals surface area (Å²) in [5.41, 5.74) is 1.36. The Morgan fingerprint density at radius 2 is 2.24 bits per heavy atom. The summed E-state index contributed by atoms with van der Waals surface area (Å²) in [4.78, 5) is 16.3. The van der Waals surface area contributed by atoms with Crippen molar-refractivity contribution in [1.82, 2.24) is 10.3 Å². The Bertz CT molecular complexity index is 628. The largest absolute Gasteiger partial charge is 0.507 e. The van der Waals surface area contributed by atoms with Crippen LogP contribution in [0.3, 0.4) is 0 Å². The first kappa shape index (κ1) is 16.0. The lowest BCUT2D eigenvalue weighted by Gasteiger charge is -2.06. The SMILES string of the molecule is Cc1csc(CCCCNC(=O)c2ccc(Br)cc2O)n1. The smallest absolute Gasteiger partial charge is 0.255 e. The number of phenolic OH excluding ortho intramolecular Hbond substituents is 1. The van der Waals surface area contributed by atoms with Crippen LogP contribution >= 0.6 is 27.3 Å². The van der Waals surface area contributed by atoms with Crippen LogP contribution in [0, 0.1) is 6.92 Å². The van der Waals surface area contributed by atoms with Crippen molar-refractivity contribution in [3.05, 3.63) is 44.3 Å². The van der Waals surface area contributed by atoms with Gasteiger partial charge in [0.1, 0.15) is 5.75 Å². The van der Waals surface area contributed by atoms with Crippen LogP contribution in [0.25, 0.3) is 0 Å². The van der Waals surface area contributed by atoms with Crippen molar-refractivity contribution in [2.24, 2.45) is 0 Å². The zero-order chi connectivity index (χ0) is 15.2. The molecule has 2 N–H and O–H groups in total. The fourth-order valence-electron chi connectivity index (χ4n) is 1.91. The summed E-state index contributed by atoms with van der Waals surface area (Å²) in [6.45, 7) is 2.59. The summed E-state index contributed by atoms with van der Waals surface area (Å²) in [5, 5.41) is 15.7. The van der Waals surface area contributed by atoms with E-state index in [4.69, 9.17) is 0 Å². The highest BCUT2D eigenvalue weighted by molar-refractivity contribution is 9.10. The number of halogens is 1. The normalized spacial score (nSPS) is 10.6. The Kier molecular flexibility index (Phi) is 5.76. The molecular formula is C15H17BrN2O2S. The number of unbranched alkanes of at least 4 members (excludes halogenated alkanes) is 1. The summed E-state index contributed by atoms with van der Waals surface area (Å²) in [5.74, 6) is -0.259. The van der Waals surface area contributed by atoms with E-state index in [9.17, 15) is 9.90 Å². The minimum atomic E-state index is -0.245. The summed E-state index contributed by atoms with van der Waals surface area (Å²) in [7, 11) is 0. The maximum absolute atomic E-state index is 11.9. The third-order valence-electron chi connectivity index (χ3n) is 2.97. The molecule has 2 rings (SSSR count). The Morgan fingerprint density at radius 1 is 1.43 bits per heavy atom. The Labute approximate surface area is 136 Å². The molecule has 0 bridgehead atoms. The molecule has 2 aromatic rings. The van der Waals surface area contributed by atoms with Gasteiger partial charge < -0.3 is 10.4 Å². The molecule has 0 unspecified atom stereocenters. The highest BCUT2D eigenvalue weighted by Crippen LogP contribution is 2.22. The van der Waals surface area contributed by atoms with E-state index in [1.54, 1.807) is 23.5 Å². The van der Waals surface area contributed by atoms with E-state index >= 15 is 0 Å². The molecule has 0 aliphatic heterocycles. The summed E-state index contributed by atoms with van der Waals surface area (Å²) >= 11 is 4.92. The average molecular weight is 369 g/mol. The van der Waals surface area contributed by atoms with Gasteiger partial charge in [-0.2, -0.15) is 0 Å². The average Bonchev–Trinajstić information content (AvgIpc) is 2.84. The molecule has 0 spiro atoms. The minimum Gasteiger partial charge on any atom is -0.507 e. The second-order valence-electron chi connectivity index (χ2n) is 4.76. The van der Waals surface area contributed by atoms with E-state index in [0.29, 0.717) is 12.1 Å². The third kappa shape index (κ3) is 4.82. The predicted molar refractivity (Wildman–Crippen MR) is 87.9 cm³/mol. The molecule has 0 radical (unpaired) electrons. The number of carbonyl (C=O) groups is 1. The summed E-state index contributed by atoms with van der Waals surface area (Å²) < 4.78 is 0.746. The molecule has 0 aliphatic rings. The lowest BCUT2D eigenvalue weighted by Crippen LogP contribution is -2.24. The number of nitrogens with one attached hydrogen (secondary N) is 1. The van der Waals surface area contributed by atoms with Crippen LogP contribution in [0.1, 0.15) is 33.9 Å². The molecule has 1 aromatic heterocycles. The van der Waals surface area contributed by atoms with Crippen molar-refractivity contribution >= 4 is 33.2 Å². The second-order valence-corrected chi connectivity index (χ2v) is 6.62. The van der Waals surface area contributed by atoms with E-state index in [1.807, 2.05) is 12.3 Å². The van der Waals surface area contributed by atoms with Crippen LogP contribution in [0.15, 0.2) is 28.1 Å². The zero-order valence-corrected chi connectivity index (χ0v) is 14.1. The van der Waals surface area contributed by atoms with Crippen LogP contribution in [0.2, 0.25) is 0 Å². The molecule has 0 saturated carbocycles. The number of aromatic nitrogens is 1. The molecule has 1 aromatic carbocycles. The van der Waals surface area contributed by atoms with Gasteiger partial charge in [0, 0.05) is 22.1 Å². The number of benzene rings is 1. The molecule has 1 amide bonds. The van der Waals surface area contributed by atoms with Crippen molar-refractivity contribution in [2.75, 3.05) is 6.54 Å². The van der Waals surface area contributed by atoms with Gasteiger partial charge >= 0.3 is 0 Å². The zero-order valence-electron chi connectivity index (χ0n) is 11.7. The van der Waals surface area contributed by atoms with Crippen LogP contribution < -0.4 is 5.32 Å². The number of carbonyl (C=O) groups excluding carboxylic acids is 1. The first-order valence-electron chi connectivity index (χ1n) is 6.74. The molecule has 1 heterocycles. The topological polar surface area (TPSA) is 62.2 Å². The van der Waals surface area contributed by atoms with Crippen molar-refractivity contribution in [3.63, 3.8) is 0 Å². The Hall–Kier alpha value is -1.40. The maximum Gasteiger partial charge on any atom is 0.255 e. The highest BCUT2D eigenvalue weighted by atomic mass is 79.9. The van der Waals surface area contributed by atoms with Crippen molar-refractivity contribution in [3.8, 4) is 5.75 Å². The fraction of sp³-hybridized carbons (Fsp3) is 0.333. The predicted octanol–water partition coefficient (Wildman–Crippen LogP) is 3.67. The minimum absolute atomic E-state index is 0.0138. The quantitative estimate of drug-likeness (QED) is 0.764. The number of aryl methyl sites for hydroxylation is 2. The van der Waals surface area contributed by atoms with Crippen LogP contribution in [-0.4, -0.2) is 22.5 Å². The summed E-state index contributed by atoms with van der Waals surface area (Å²) in [6, 6.07) is 4.85. The van der Waals surface area contributed by atoms with Crippen molar-refractivity contribution < 1.29 is 9.90 Å². The molecule has 4 nitrogen and oxygen atoms in total. The lowest BCUT2D eigenvalue weighted by molar-refractivity contribution is 0.0950. The number of hydrogen-bond acceptors (Lipinski definition) is 4. The number of rotatable bonds is 6. The first-order chi connectivity index (χ1) is 10.1. The highest BCUT2D eigenvalue weighted by Gasteiger charge is 2.10. The van der Waals surface area contributed by atoms with Crippen LogP contribution in [-0.2, 0) is 6.42 Å². The van der Waals surface area contributed by atoms with E-state index in [-0.39, 0.29) is 11.7 Å². The van der Waals surface area contributed by atoms with Gasteiger partial charge in [-0.25, -0.2) is 4.98 Å². The molecule has 6 heteroatoms. The van der Waals surface area contributed by atoms with Gasteiger partial charge in [-0.3, -0.25) is 4.79 Å². The molecule has 0 saturated heterocycles. The van der Waals surface area contributed by atoms with Crippen LogP contribution in [0.5, 0.6) is 5.75 Å². The third-order valence-corrected chi connectivity index (χ3v) is 4.49. The Balaban J connectivity index is 1.72. The van der Waals surface area contributed by atoms with Gasteiger partial charge in [0.25, 0.3) is 5.91 Å². The fourth-order valence-corrected chi connectivity index (χ4v) is 3.08. The Morgan fingerprint density at radius 3 is 2.90 bits per heavy atom. The molecular weight excluding hydrogens is 352 g/mol. The summed E-state index contributed by atoms with van der Waals surface area (Å²) in [6.07, 6.45) is 2.82. The van der Waals surface area contributed by atoms with E-state index in [0.717, 1.165) is 34.4 Å². The number of phenols is 1. The second kappa shape index (κ2) is 7.56.